The summed E-state index contributed by atoms with van der Waals surface area (Å²) in [6, 6.07) is 9.63. The van der Waals surface area contributed by atoms with Crippen LogP contribution in [0, 0.1) is 10.1 Å². The molecule has 0 heterocycles. The number of carbonyl (C=O) groups excluding carboxylic acids is 1. The van der Waals surface area contributed by atoms with Gasteiger partial charge >= 0.3 is 0 Å². The van der Waals surface area contributed by atoms with E-state index in [1.54, 1.807) is 24.3 Å². The van der Waals surface area contributed by atoms with Crippen molar-refractivity contribution in [3.8, 4) is 5.75 Å². The van der Waals surface area contributed by atoms with E-state index in [0.29, 0.717) is 16.5 Å². The van der Waals surface area contributed by atoms with Crippen LogP contribution >= 0.6 is 0 Å². The van der Waals surface area contributed by atoms with Crippen molar-refractivity contribution in [2.75, 3.05) is 6.61 Å². The fourth-order valence-electron chi connectivity index (χ4n) is 1.84. The molecule has 0 saturated carbocycles. The molecule has 4 N–H and O–H groups in total. The summed E-state index contributed by atoms with van der Waals surface area (Å²) in [4.78, 5) is 21.7. The zero-order valence-corrected chi connectivity index (χ0v) is 11.4. The second-order valence-electron chi connectivity index (χ2n) is 4.96. The molecule has 0 aromatic heterocycles. The van der Waals surface area contributed by atoms with E-state index in [1.165, 1.54) is 19.1 Å². The van der Waals surface area contributed by atoms with Crippen molar-refractivity contribution >= 4 is 22.4 Å². The summed E-state index contributed by atoms with van der Waals surface area (Å²) in [5.41, 5.74) is 9.57. The largest absolute Gasteiger partial charge is 0.490 e. The fraction of sp³-hybridized carbons (Fsp3) is 0.214. The number of nitrogens with zero attached hydrogens (tertiary/aromatic N) is 1. The van der Waals surface area contributed by atoms with Crippen LogP contribution in [0.3, 0.4) is 0 Å². The molecular weight excluding hydrogens is 274 g/mol. The molecule has 2 aromatic rings. The maximum Gasteiger partial charge on any atom is 0.277 e. The van der Waals surface area contributed by atoms with Gasteiger partial charge in [-0.3, -0.25) is 14.9 Å². The Balaban J connectivity index is 2.40. The van der Waals surface area contributed by atoms with Crippen molar-refractivity contribution in [2.45, 2.75) is 12.5 Å². The Bertz CT molecular complexity index is 712. The van der Waals surface area contributed by atoms with Crippen LogP contribution in [0.5, 0.6) is 5.75 Å². The maximum atomic E-state index is 11.2. The van der Waals surface area contributed by atoms with Gasteiger partial charge in [0.05, 0.1) is 10.3 Å². The smallest absolute Gasteiger partial charge is 0.277 e. The predicted molar refractivity (Wildman–Crippen MR) is 77.9 cm³/mol. The molecule has 0 fully saturated rings. The number of nitro benzene ring substituents is 1. The predicted octanol–water partition coefficient (Wildman–Crippen LogP) is 1.33. The van der Waals surface area contributed by atoms with Gasteiger partial charge < -0.3 is 16.2 Å². The maximum absolute atomic E-state index is 11.2. The van der Waals surface area contributed by atoms with Crippen LogP contribution in [0.2, 0.25) is 0 Å². The average Bonchev–Trinajstić information content (AvgIpc) is 2.44. The van der Waals surface area contributed by atoms with Gasteiger partial charge in [0.25, 0.3) is 5.69 Å². The van der Waals surface area contributed by atoms with Gasteiger partial charge in [-0.25, -0.2) is 0 Å². The van der Waals surface area contributed by atoms with Gasteiger partial charge in [-0.15, -0.1) is 0 Å². The van der Waals surface area contributed by atoms with Gasteiger partial charge in [0.2, 0.25) is 5.91 Å². The van der Waals surface area contributed by atoms with E-state index >= 15 is 0 Å². The minimum absolute atomic E-state index is 0.0108. The fourth-order valence-corrected chi connectivity index (χ4v) is 1.84. The Morgan fingerprint density at radius 2 is 1.90 bits per heavy atom. The molecule has 0 aliphatic carbocycles. The standard InChI is InChI=1S/C14H15N3O4/c1-14(16,13(15)18)8-21-12-7-6-11(17(19)20)9-4-2-3-5-10(9)12/h2-7H,8,16H2,1H3,(H2,15,18). The molecule has 0 spiro atoms. The molecule has 2 rings (SSSR count). The van der Waals surface area contributed by atoms with Crippen LogP contribution in [0.25, 0.3) is 10.8 Å². The molecule has 7 heteroatoms. The summed E-state index contributed by atoms with van der Waals surface area (Å²) >= 11 is 0. The van der Waals surface area contributed by atoms with E-state index in [9.17, 15) is 14.9 Å². The number of ether oxygens (including phenoxy) is 1. The summed E-state index contributed by atoms with van der Waals surface area (Å²) in [6.07, 6.45) is 0. The normalized spacial score (nSPS) is 13.6. The highest BCUT2D eigenvalue weighted by molar-refractivity contribution is 5.95. The number of carbonyl (C=O) groups is 1. The summed E-state index contributed by atoms with van der Waals surface area (Å²) in [5, 5.41) is 12.0. The van der Waals surface area contributed by atoms with Crippen molar-refractivity contribution in [2.24, 2.45) is 11.5 Å². The lowest BCUT2D eigenvalue weighted by molar-refractivity contribution is -0.383. The lowest BCUT2D eigenvalue weighted by Crippen LogP contribution is -2.53. The lowest BCUT2D eigenvalue weighted by atomic mass is 10.0. The summed E-state index contributed by atoms with van der Waals surface area (Å²) in [7, 11) is 0. The third-order valence-corrected chi connectivity index (χ3v) is 3.15. The number of hydrogen-bond acceptors (Lipinski definition) is 5. The zero-order valence-electron chi connectivity index (χ0n) is 11.4. The molecule has 110 valence electrons. The molecule has 0 bridgehead atoms. The lowest BCUT2D eigenvalue weighted by Gasteiger charge is -2.21. The zero-order chi connectivity index (χ0) is 15.6. The minimum Gasteiger partial charge on any atom is -0.490 e. The Hall–Kier alpha value is -2.67. The van der Waals surface area contributed by atoms with Crippen LogP contribution in [0.4, 0.5) is 5.69 Å². The highest BCUT2D eigenvalue weighted by atomic mass is 16.6. The molecule has 2 aromatic carbocycles. The quantitative estimate of drug-likeness (QED) is 0.635. The Morgan fingerprint density at radius 3 is 2.48 bits per heavy atom. The summed E-state index contributed by atoms with van der Waals surface area (Å²) in [6.45, 7) is 1.34. The second-order valence-corrected chi connectivity index (χ2v) is 4.96. The second kappa shape index (κ2) is 5.37. The Labute approximate surface area is 120 Å². The van der Waals surface area contributed by atoms with Crippen LogP contribution in [-0.2, 0) is 4.79 Å². The molecule has 0 saturated heterocycles. The number of nitrogens with two attached hydrogens (primary N) is 2. The van der Waals surface area contributed by atoms with E-state index in [-0.39, 0.29) is 12.3 Å². The topological polar surface area (TPSA) is 121 Å². The molecule has 0 aliphatic rings. The molecule has 21 heavy (non-hydrogen) atoms. The van der Waals surface area contributed by atoms with Gasteiger partial charge in [-0.05, 0) is 19.1 Å². The average molecular weight is 289 g/mol. The first-order valence-corrected chi connectivity index (χ1v) is 6.20. The number of nitro groups is 1. The number of amides is 1. The molecular formula is C14H15N3O4. The van der Waals surface area contributed by atoms with Crippen LogP contribution < -0.4 is 16.2 Å². The molecule has 0 radical (unpaired) electrons. The van der Waals surface area contributed by atoms with Crippen molar-refractivity contribution in [1.29, 1.82) is 0 Å². The van der Waals surface area contributed by atoms with Gasteiger partial charge in [0.1, 0.15) is 17.9 Å². The van der Waals surface area contributed by atoms with Gasteiger partial charge in [-0.1, -0.05) is 18.2 Å². The molecule has 1 atom stereocenters. The SMILES string of the molecule is CC(N)(COc1ccc([N+](=O)[O-])c2ccccc12)C(N)=O. The van der Waals surface area contributed by atoms with Crippen molar-refractivity contribution < 1.29 is 14.5 Å². The Kier molecular flexibility index (Phi) is 3.77. The first-order valence-electron chi connectivity index (χ1n) is 6.20. The third kappa shape index (κ3) is 2.92. The van der Waals surface area contributed by atoms with E-state index in [4.69, 9.17) is 16.2 Å². The van der Waals surface area contributed by atoms with Crippen molar-refractivity contribution in [1.82, 2.24) is 0 Å². The molecule has 7 nitrogen and oxygen atoms in total. The van der Waals surface area contributed by atoms with E-state index < -0.39 is 16.4 Å². The number of rotatable bonds is 5. The molecule has 0 aliphatic heterocycles. The monoisotopic (exact) mass is 289 g/mol. The third-order valence-electron chi connectivity index (χ3n) is 3.15. The number of hydrogen-bond donors (Lipinski definition) is 2. The van der Waals surface area contributed by atoms with Crippen molar-refractivity contribution in [3.63, 3.8) is 0 Å². The van der Waals surface area contributed by atoms with Gasteiger partial charge in [-0.2, -0.15) is 0 Å². The summed E-state index contributed by atoms with van der Waals surface area (Å²) in [5.74, 6) is -0.275. The van der Waals surface area contributed by atoms with Gasteiger partial charge in [0.15, 0.2) is 0 Å². The summed E-state index contributed by atoms with van der Waals surface area (Å²) < 4.78 is 5.53. The highest BCUT2D eigenvalue weighted by Gasteiger charge is 2.27. The van der Waals surface area contributed by atoms with E-state index in [1.807, 2.05) is 0 Å². The molecule has 1 amide bonds. The number of non-ortho nitro benzene ring substituents is 1. The first kappa shape index (κ1) is 14.7. The van der Waals surface area contributed by atoms with E-state index in [0.717, 1.165) is 0 Å². The highest BCUT2D eigenvalue weighted by Crippen LogP contribution is 2.32. The van der Waals surface area contributed by atoms with Crippen LogP contribution in [0.15, 0.2) is 36.4 Å². The van der Waals surface area contributed by atoms with E-state index in [2.05, 4.69) is 0 Å². The Morgan fingerprint density at radius 1 is 1.29 bits per heavy atom. The van der Waals surface area contributed by atoms with Crippen LogP contribution in [0.1, 0.15) is 6.92 Å². The van der Waals surface area contributed by atoms with Crippen molar-refractivity contribution in [3.05, 3.63) is 46.5 Å². The number of primary amides is 1. The van der Waals surface area contributed by atoms with Gasteiger partial charge in [0, 0.05) is 11.5 Å². The molecule has 1 unspecified atom stereocenters. The minimum atomic E-state index is -1.32. The number of fused-ring (bicyclic) bond motifs is 1. The first-order chi connectivity index (χ1) is 9.83. The van der Waals surface area contributed by atoms with Crippen LogP contribution in [-0.4, -0.2) is 23.0 Å². The number of benzene rings is 2.